The molecule has 6 heavy (non-hydrogen) atoms. The number of rotatable bonds is 0. The summed E-state index contributed by atoms with van der Waals surface area (Å²) in [5.41, 5.74) is 0. The van der Waals surface area contributed by atoms with E-state index in [0.717, 1.165) is 5.76 Å². The normalized spacial score (nSPS) is 21.0. The van der Waals surface area contributed by atoms with Crippen LogP contribution in [0.5, 0.6) is 0 Å². The molecule has 0 saturated carbocycles. The molecule has 0 unspecified atom stereocenters. The van der Waals surface area contributed by atoms with Crippen molar-refractivity contribution in [3.63, 3.8) is 0 Å². The first-order valence-electron chi connectivity index (χ1n) is 1.83. The predicted octanol–water partition coefficient (Wildman–Crippen LogP) is 0.0158. The number of hydrogen-bond donors (Lipinski definition) is 0. The highest BCUT2D eigenvalue weighted by Crippen LogP contribution is 1.98. The van der Waals surface area contributed by atoms with Crippen molar-refractivity contribution in [2.75, 3.05) is 13.4 Å². The average Bonchev–Trinajstić information content (AvgIpc) is 1.86. The molecule has 0 atom stereocenters. The van der Waals surface area contributed by atoms with Gasteiger partial charge in [-0.15, -0.1) is 0 Å². The van der Waals surface area contributed by atoms with Gasteiger partial charge in [0, 0.05) is 0 Å². The van der Waals surface area contributed by atoms with Crippen molar-refractivity contribution < 1.29 is 9.47 Å². The fourth-order valence-corrected chi connectivity index (χ4v) is 0.353. The molecule has 1 rings (SSSR count). The monoisotopic (exact) mass is 87.0 g/mol. The highest BCUT2D eigenvalue weighted by Gasteiger charge is 2.06. The van der Waals surface area contributed by atoms with Gasteiger partial charge in [0.05, 0.1) is 0 Å². The standard InChI is InChI=1S/C4H6O2/c1-4-2-5-3-6-4/h1-3H2/p+1. The SMILES string of the molecule is C=C1C[OH+]CO1. The summed E-state index contributed by atoms with van der Waals surface area (Å²) in [7, 11) is 0. The van der Waals surface area contributed by atoms with Crippen molar-refractivity contribution in [3.8, 4) is 0 Å². The van der Waals surface area contributed by atoms with Crippen molar-refractivity contribution in [2.45, 2.75) is 0 Å². The maximum Gasteiger partial charge on any atom is 0.295 e. The molecule has 0 radical (unpaired) electrons. The lowest BCUT2D eigenvalue weighted by Crippen LogP contribution is -1.85. The third-order valence-corrected chi connectivity index (χ3v) is 0.648. The molecule has 0 bridgehead atoms. The van der Waals surface area contributed by atoms with Gasteiger partial charge in [-0.3, -0.25) is 0 Å². The Kier molecular flexibility index (Phi) is 0.801. The Morgan fingerprint density at radius 1 is 1.83 bits per heavy atom. The van der Waals surface area contributed by atoms with E-state index in [9.17, 15) is 0 Å². The molecule has 0 amide bonds. The molecule has 1 N–H and O–H groups in total. The van der Waals surface area contributed by atoms with Crippen LogP contribution in [-0.4, -0.2) is 18.1 Å². The summed E-state index contributed by atoms with van der Waals surface area (Å²) < 4.78 is 8.63. The van der Waals surface area contributed by atoms with Crippen molar-refractivity contribution in [3.05, 3.63) is 12.3 Å². The zero-order valence-electron chi connectivity index (χ0n) is 3.48. The molecule has 0 aromatic rings. The first-order chi connectivity index (χ1) is 2.89. The summed E-state index contributed by atoms with van der Waals surface area (Å²) in [4.78, 5) is 0. The molecule has 0 aliphatic carbocycles. The smallest absolute Gasteiger partial charge is 0.295 e. The first-order valence-corrected chi connectivity index (χ1v) is 1.83. The van der Waals surface area contributed by atoms with E-state index in [1.54, 1.807) is 0 Å². The lowest BCUT2D eigenvalue weighted by atomic mass is 10.6. The van der Waals surface area contributed by atoms with Gasteiger partial charge in [0.15, 0.2) is 5.76 Å². The lowest BCUT2D eigenvalue weighted by molar-refractivity contribution is -0.0548. The van der Waals surface area contributed by atoms with Crippen LogP contribution >= 0.6 is 0 Å². The molecule has 0 aromatic heterocycles. The summed E-state index contributed by atoms with van der Waals surface area (Å²) in [6.07, 6.45) is 0. The molecular weight excluding hydrogens is 80.0 g/mol. The van der Waals surface area contributed by atoms with E-state index < -0.39 is 0 Å². The van der Waals surface area contributed by atoms with Crippen LogP contribution in [0.4, 0.5) is 0 Å². The van der Waals surface area contributed by atoms with Gasteiger partial charge in [0.25, 0.3) is 6.79 Å². The fraction of sp³-hybridized carbons (Fsp3) is 0.500. The molecule has 34 valence electrons. The molecule has 1 heterocycles. The predicted molar refractivity (Wildman–Crippen MR) is 22.2 cm³/mol. The molecule has 0 aromatic carbocycles. The van der Waals surface area contributed by atoms with E-state index >= 15 is 0 Å². The molecule has 2 heteroatoms. The molecule has 1 saturated heterocycles. The maximum absolute atomic E-state index is 4.79. The van der Waals surface area contributed by atoms with Gasteiger partial charge in [-0.25, -0.2) is 0 Å². The van der Waals surface area contributed by atoms with Crippen LogP contribution in [0, 0.1) is 0 Å². The quantitative estimate of drug-likeness (QED) is 0.382. The van der Waals surface area contributed by atoms with Crippen LogP contribution in [0.3, 0.4) is 0 Å². The molecular formula is C4H7O2+. The van der Waals surface area contributed by atoms with Crippen molar-refractivity contribution in [1.29, 1.82) is 0 Å². The van der Waals surface area contributed by atoms with E-state index in [2.05, 4.69) is 11.3 Å². The van der Waals surface area contributed by atoms with Gasteiger partial charge in [-0.05, 0) is 0 Å². The Morgan fingerprint density at radius 3 is 2.83 bits per heavy atom. The second-order valence-corrected chi connectivity index (χ2v) is 1.19. The minimum Gasteiger partial charge on any atom is -0.425 e. The lowest BCUT2D eigenvalue weighted by Gasteiger charge is -1.78. The van der Waals surface area contributed by atoms with Crippen LogP contribution in [0.15, 0.2) is 12.3 Å². The summed E-state index contributed by atoms with van der Waals surface area (Å²) in [6, 6.07) is 0. The minimum atomic E-state index is 0.513. The summed E-state index contributed by atoms with van der Waals surface area (Å²) >= 11 is 0. The van der Waals surface area contributed by atoms with Gasteiger partial charge in [0.1, 0.15) is 0 Å². The largest absolute Gasteiger partial charge is 0.425 e. The minimum absolute atomic E-state index is 0.513. The Bertz CT molecular complexity index is 59.9. The van der Waals surface area contributed by atoms with Crippen LogP contribution in [0.2, 0.25) is 0 Å². The van der Waals surface area contributed by atoms with E-state index in [4.69, 9.17) is 4.74 Å². The van der Waals surface area contributed by atoms with E-state index in [-0.39, 0.29) is 0 Å². The Morgan fingerprint density at radius 2 is 2.67 bits per heavy atom. The first kappa shape index (κ1) is 3.68. The van der Waals surface area contributed by atoms with Crippen LogP contribution in [0.25, 0.3) is 0 Å². The van der Waals surface area contributed by atoms with Gasteiger partial charge < -0.3 is 9.47 Å². The van der Waals surface area contributed by atoms with Gasteiger partial charge in [0.2, 0.25) is 6.61 Å². The van der Waals surface area contributed by atoms with Gasteiger partial charge in [-0.1, -0.05) is 6.58 Å². The number of ether oxygens (including phenoxy) is 2. The molecule has 1 aliphatic rings. The fourth-order valence-electron chi connectivity index (χ4n) is 0.353. The third-order valence-electron chi connectivity index (χ3n) is 0.648. The molecule has 2 nitrogen and oxygen atoms in total. The van der Waals surface area contributed by atoms with Crippen molar-refractivity contribution in [2.24, 2.45) is 0 Å². The topological polar surface area (TPSA) is 22.0 Å². The third kappa shape index (κ3) is 0.518. The van der Waals surface area contributed by atoms with E-state index in [0.29, 0.717) is 13.4 Å². The van der Waals surface area contributed by atoms with Gasteiger partial charge >= 0.3 is 0 Å². The molecule has 0 spiro atoms. The second kappa shape index (κ2) is 1.30. The Balaban J connectivity index is 2.37. The summed E-state index contributed by atoms with van der Waals surface area (Å²) in [5, 5.41) is 0. The Hall–Kier alpha value is -0.500. The number of hydrogen-bond acceptors (Lipinski definition) is 1. The zero-order valence-corrected chi connectivity index (χ0v) is 3.48. The number of aliphatic hydroxyl groups is 2. The second-order valence-electron chi connectivity index (χ2n) is 1.19. The average molecular weight is 87.1 g/mol. The molecule has 1 fully saturated rings. The van der Waals surface area contributed by atoms with Crippen molar-refractivity contribution >= 4 is 0 Å². The highest BCUT2D eigenvalue weighted by molar-refractivity contribution is 4.82. The summed E-state index contributed by atoms with van der Waals surface area (Å²) in [6.45, 7) is 4.75. The highest BCUT2D eigenvalue weighted by atomic mass is 16.7. The maximum atomic E-state index is 4.79. The van der Waals surface area contributed by atoms with E-state index in [1.165, 1.54) is 0 Å². The van der Waals surface area contributed by atoms with Gasteiger partial charge in [-0.2, -0.15) is 0 Å². The van der Waals surface area contributed by atoms with Crippen molar-refractivity contribution in [1.82, 2.24) is 0 Å². The Labute approximate surface area is 36.4 Å². The van der Waals surface area contributed by atoms with Crippen LogP contribution in [0.1, 0.15) is 0 Å². The molecule has 1 aliphatic heterocycles. The van der Waals surface area contributed by atoms with Crippen LogP contribution in [-0.2, 0) is 4.74 Å². The zero-order chi connectivity index (χ0) is 4.41. The summed E-state index contributed by atoms with van der Waals surface area (Å²) in [5.74, 6) is 0.787. The van der Waals surface area contributed by atoms with E-state index in [1.807, 2.05) is 0 Å². The van der Waals surface area contributed by atoms with Crippen LogP contribution < -0.4 is 0 Å².